The first kappa shape index (κ1) is 13.1. The molecule has 0 saturated heterocycles. The van der Waals surface area contributed by atoms with Gasteiger partial charge in [0.05, 0.1) is 0 Å². The third kappa shape index (κ3) is 3.82. The molecule has 2 N–H and O–H groups in total. The Morgan fingerprint density at radius 1 is 1.47 bits per heavy atom. The fourth-order valence-corrected chi connectivity index (χ4v) is 1.20. The lowest BCUT2D eigenvalue weighted by atomic mass is 10.1. The van der Waals surface area contributed by atoms with Gasteiger partial charge in [0.2, 0.25) is 0 Å². The Balaban J connectivity index is 2.92. The van der Waals surface area contributed by atoms with Gasteiger partial charge in [-0.2, -0.15) is 0 Å². The van der Waals surface area contributed by atoms with Crippen molar-refractivity contribution in [2.75, 3.05) is 26.0 Å². The zero-order valence-electron chi connectivity index (χ0n) is 10.2. The molecule has 0 radical (unpaired) electrons. The molecule has 1 aromatic carbocycles. The minimum Gasteiger partial charge on any atom is -0.384 e. The minimum atomic E-state index is -0.185. The number of hydrogen-bond donors (Lipinski definition) is 2. The van der Waals surface area contributed by atoms with Crippen LogP contribution >= 0.6 is 0 Å². The van der Waals surface area contributed by atoms with Crippen molar-refractivity contribution < 1.29 is 9.90 Å². The number of hydrogen-bond acceptors (Lipinski definition) is 2. The smallest absolute Gasteiger partial charge is 0.321 e. The number of carbonyl (C=O) groups is 1. The van der Waals surface area contributed by atoms with Crippen molar-refractivity contribution in [3.05, 3.63) is 29.3 Å². The fourth-order valence-electron chi connectivity index (χ4n) is 1.20. The Kier molecular flexibility index (Phi) is 4.56. The van der Waals surface area contributed by atoms with Crippen LogP contribution in [0.5, 0.6) is 0 Å². The van der Waals surface area contributed by atoms with Crippen molar-refractivity contribution in [3.8, 4) is 11.8 Å². The molecule has 4 nitrogen and oxygen atoms in total. The monoisotopic (exact) mass is 232 g/mol. The predicted molar refractivity (Wildman–Crippen MR) is 67.8 cm³/mol. The first-order valence-electron chi connectivity index (χ1n) is 5.23. The number of nitrogens with one attached hydrogen (secondary N) is 1. The van der Waals surface area contributed by atoms with Crippen molar-refractivity contribution in [2.45, 2.75) is 6.92 Å². The summed E-state index contributed by atoms with van der Waals surface area (Å²) in [6.07, 6.45) is 0. The summed E-state index contributed by atoms with van der Waals surface area (Å²) in [4.78, 5) is 12.9. The van der Waals surface area contributed by atoms with Gasteiger partial charge in [0, 0.05) is 25.3 Å². The summed E-state index contributed by atoms with van der Waals surface area (Å²) >= 11 is 0. The maximum absolute atomic E-state index is 11.5. The highest BCUT2D eigenvalue weighted by molar-refractivity contribution is 5.89. The van der Waals surface area contributed by atoms with Crippen LogP contribution < -0.4 is 5.32 Å². The van der Waals surface area contributed by atoms with Crippen molar-refractivity contribution >= 4 is 11.7 Å². The van der Waals surface area contributed by atoms with E-state index in [2.05, 4.69) is 17.2 Å². The lowest BCUT2D eigenvalue weighted by Gasteiger charge is -2.12. The molecule has 0 aliphatic rings. The molecule has 17 heavy (non-hydrogen) atoms. The Bertz CT molecular complexity index is 470. The molecule has 0 aromatic heterocycles. The van der Waals surface area contributed by atoms with E-state index in [9.17, 15) is 4.79 Å². The molecule has 0 heterocycles. The summed E-state index contributed by atoms with van der Waals surface area (Å²) in [5.41, 5.74) is 2.50. The number of anilines is 1. The largest absolute Gasteiger partial charge is 0.384 e. The molecule has 0 aliphatic carbocycles. The van der Waals surface area contributed by atoms with Crippen LogP contribution in [0.3, 0.4) is 0 Å². The second-order valence-corrected chi connectivity index (χ2v) is 3.81. The van der Waals surface area contributed by atoms with E-state index in [1.165, 1.54) is 4.90 Å². The van der Waals surface area contributed by atoms with Crippen LogP contribution in [0.15, 0.2) is 18.2 Å². The van der Waals surface area contributed by atoms with Gasteiger partial charge in [0.1, 0.15) is 6.61 Å². The molecule has 0 fully saturated rings. The number of aliphatic hydroxyl groups excluding tert-OH is 1. The van der Waals surface area contributed by atoms with E-state index in [0.29, 0.717) is 5.69 Å². The Morgan fingerprint density at radius 3 is 2.76 bits per heavy atom. The van der Waals surface area contributed by atoms with E-state index in [1.807, 2.05) is 19.1 Å². The van der Waals surface area contributed by atoms with Crippen LogP contribution in [0.1, 0.15) is 11.1 Å². The number of urea groups is 1. The van der Waals surface area contributed by atoms with Crippen molar-refractivity contribution in [1.29, 1.82) is 0 Å². The van der Waals surface area contributed by atoms with Gasteiger partial charge < -0.3 is 15.3 Å². The third-order valence-electron chi connectivity index (χ3n) is 2.20. The zero-order chi connectivity index (χ0) is 12.8. The second kappa shape index (κ2) is 5.92. The fraction of sp³-hybridized carbons (Fsp3) is 0.308. The molecule has 2 amide bonds. The highest BCUT2D eigenvalue weighted by Gasteiger charge is 2.04. The van der Waals surface area contributed by atoms with E-state index in [1.54, 1.807) is 20.2 Å². The number of benzene rings is 1. The highest BCUT2D eigenvalue weighted by Crippen LogP contribution is 2.14. The van der Waals surface area contributed by atoms with Crippen LogP contribution in [-0.4, -0.2) is 36.7 Å². The van der Waals surface area contributed by atoms with Gasteiger partial charge in [-0.15, -0.1) is 0 Å². The van der Waals surface area contributed by atoms with Gasteiger partial charge >= 0.3 is 6.03 Å². The average molecular weight is 232 g/mol. The summed E-state index contributed by atoms with van der Waals surface area (Å²) in [7, 11) is 3.35. The van der Waals surface area contributed by atoms with Gasteiger partial charge in [-0.05, 0) is 24.6 Å². The Hall–Kier alpha value is -1.99. The maximum atomic E-state index is 11.5. The summed E-state index contributed by atoms with van der Waals surface area (Å²) in [6.45, 7) is 1.76. The molecule has 90 valence electrons. The highest BCUT2D eigenvalue weighted by atomic mass is 16.2. The van der Waals surface area contributed by atoms with Crippen LogP contribution in [0.25, 0.3) is 0 Å². The van der Waals surface area contributed by atoms with Crippen LogP contribution in [0.4, 0.5) is 10.5 Å². The number of aliphatic hydroxyl groups is 1. The van der Waals surface area contributed by atoms with Crippen LogP contribution in [0.2, 0.25) is 0 Å². The third-order valence-corrected chi connectivity index (χ3v) is 2.20. The number of amides is 2. The normalized spacial score (nSPS) is 9.18. The molecule has 0 unspecified atom stereocenters. The predicted octanol–water partition coefficient (Wildman–Crippen LogP) is 1.43. The molecule has 0 saturated carbocycles. The number of carbonyl (C=O) groups excluding carboxylic acids is 1. The molecule has 1 rings (SSSR count). The van der Waals surface area contributed by atoms with E-state index in [0.717, 1.165) is 11.1 Å². The van der Waals surface area contributed by atoms with Crippen LogP contribution in [0, 0.1) is 18.8 Å². The second-order valence-electron chi connectivity index (χ2n) is 3.81. The SMILES string of the molecule is Cc1ccc(NC(=O)N(C)C)cc1C#CCO. The van der Waals surface area contributed by atoms with Gasteiger partial charge in [0.25, 0.3) is 0 Å². The molecule has 0 bridgehead atoms. The first-order valence-corrected chi connectivity index (χ1v) is 5.23. The Labute approximate surface area is 101 Å². The van der Waals surface area contributed by atoms with Gasteiger partial charge in [0.15, 0.2) is 0 Å². The number of aryl methyl sites for hydroxylation is 1. The van der Waals surface area contributed by atoms with Crippen molar-refractivity contribution in [1.82, 2.24) is 4.90 Å². The first-order chi connectivity index (χ1) is 8.04. The number of rotatable bonds is 1. The summed E-state index contributed by atoms with van der Waals surface area (Å²) in [6, 6.07) is 5.31. The van der Waals surface area contributed by atoms with Gasteiger partial charge in [-0.25, -0.2) is 4.79 Å². The lowest BCUT2D eigenvalue weighted by Crippen LogP contribution is -2.27. The molecule has 0 atom stereocenters. The number of nitrogens with zero attached hydrogens (tertiary/aromatic N) is 1. The van der Waals surface area contributed by atoms with Gasteiger partial charge in [-0.1, -0.05) is 17.9 Å². The van der Waals surface area contributed by atoms with Crippen molar-refractivity contribution in [2.24, 2.45) is 0 Å². The van der Waals surface area contributed by atoms with E-state index in [-0.39, 0.29) is 12.6 Å². The molecule has 1 aromatic rings. The topological polar surface area (TPSA) is 52.6 Å². The van der Waals surface area contributed by atoms with Crippen molar-refractivity contribution in [3.63, 3.8) is 0 Å². The lowest BCUT2D eigenvalue weighted by molar-refractivity contribution is 0.230. The van der Waals surface area contributed by atoms with E-state index in [4.69, 9.17) is 5.11 Å². The molecule has 0 spiro atoms. The summed E-state index contributed by atoms with van der Waals surface area (Å²) in [5, 5.41) is 11.4. The molecule has 0 aliphatic heterocycles. The summed E-state index contributed by atoms with van der Waals surface area (Å²) < 4.78 is 0. The zero-order valence-corrected chi connectivity index (χ0v) is 10.2. The molecular weight excluding hydrogens is 216 g/mol. The summed E-state index contributed by atoms with van der Waals surface area (Å²) in [5.74, 6) is 5.43. The minimum absolute atomic E-state index is 0.173. The van der Waals surface area contributed by atoms with E-state index < -0.39 is 0 Å². The van der Waals surface area contributed by atoms with Gasteiger partial charge in [-0.3, -0.25) is 0 Å². The van der Waals surface area contributed by atoms with Crippen LogP contribution in [-0.2, 0) is 0 Å². The quantitative estimate of drug-likeness (QED) is 0.720. The Morgan fingerprint density at radius 2 is 2.18 bits per heavy atom. The molecular formula is C13H16N2O2. The maximum Gasteiger partial charge on any atom is 0.321 e. The average Bonchev–Trinajstić information content (AvgIpc) is 2.29. The standard InChI is InChI=1S/C13H16N2O2/c1-10-6-7-12(14-13(17)15(2)3)9-11(10)5-4-8-16/h6-7,9,16H,8H2,1-3H3,(H,14,17). The van der Waals surface area contributed by atoms with E-state index >= 15 is 0 Å². The molecule has 4 heteroatoms.